The molecule has 0 amide bonds. The molecule has 182 valence electrons. The zero-order valence-electron chi connectivity index (χ0n) is 19.1. The number of benzene rings is 1. The summed E-state index contributed by atoms with van der Waals surface area (Å²) in [7, 11) is -3.95. The number of nitrogens with zero attached hydrogens (tertiary/aromatic N) is 3. The van der Waals surface area contributed by atoms with Gasteiger partial charge in [-0.2, -0.15) is 8.42 Å². The molecule has 4 rings (SSSR count). The van der Waals surface area contributed by atoms with E-state index in [1.807, 2.05) is 30.3 Å². The minimum atomic E-state index is -3.95. The Kier molecular flexibility index (Phi) is 6.65. The molecule has 11 heteroatoms. The van der Waals surface area contributed by atoms with Gasteiger partial charge in [-0.3, -0.25) is 15.2 Å². The van der Waals surface area contributed by atoms with Crippen LogP contribution < -0.4 is 15.4 Å². The molecule has 0 unspecified atom stereocenters. The van der Waals surface area contributed by atoms with E-state index in [2.05, 4.69) is 9.88 Å². The number of carbonyl (C=O) groups is 1. The normalized spacial score (nSPS) is 17.6. The van der Waals surface area contributed by atoms with Gasteiger partial charge in [0.1, 0.15) is 17.8 Å². The van der Waals surface area contributed by atoms with Crippen LogP contribution in [0.5, 0.6) is 5.75 Å². The van der Waals surface area contributed by atoms with E-state index in [-0.39, 0.29) is 12.6 Å². The third-order valence-corrected chi connectivity index (χ3v) is 6.91. The Hall–Kier alpha value is -3.34. The molecule has 0 saturated carbocycles. The summed E-state index contributed by atoms with van der Waals surface area (Å²) in [5, 5.41) is 7.69. The van der Waals surface area contributed by atoms with Gasteiger partial charge in [0.15, 0.2) is 5.96 Å². The van der Waals surface area contributed by atoms with Gasteiger partial charge >= 0.3 is 16.1 Å². The third-order valence-electron chi connectivity index (χ3n) is 6.45. The average molecular weight is 488 g/mol. The summed E-state index contributed by atoms with van der Waals surface area (Å²) in [6.07, 6.45) is 5.84. The Balaban J connectivity index is 1.50. The van der Waals surface area contributed by atoms with Gasteiger partial charge in [0.05, 0.1) is 6.26 Å². The van der Waals surface area contributed by atoms with Crippen LogP contribution in [0, 0.1) is 10.8 Å². The summed E-state index contributed by atoms with van der Waals surface area (Å²) in [5.41, 5.74) is 7.73. The summed E-state index contributed by atoms with van der Waals surface area (Å²) < 4.78 is 34.3. The van der Waals surface area contributed by atoms with E-state index in [4.69, 9.17) is 20.1 Å². The largest absolute Gasteiger partial charge is 0.492 e. The van der Waals surface area contributed by atoms with Crippen LogP contribution in [0.1, 0.15) is 24.0 Å². The monoisotopic (exact) mass is 487 g/mol. The van der Waals surface area contributed by atoms with Crippen molar-refractivity contribution in [2.75, 3.05) is 37.4 Å². The van der Waals surface area contributed by atoms with Crippen LogP contribution in [-0.2, 0) is 32.1 Å². The molecule has 1 saturated heterocycles. The second-order valence-corrected chi connectivity index (χ2v) is 10.4. The summed E-state index contributed by atoms with van der Waals surface area (Å²) in [6.45, 7) is 2.30. The van der Waals surface area contributed by atoms with Crippen molar-refractivity contribution < 1.29 is 22.1 Å². The number of hydrogen-bond donors (Lipinski definition) is 2. The number of aromatic nitrogens is 1. The number of rotatable bonds is 6. The molecule has 10 nitrogen and oxygen atoms in total. The summed E-state index contributed by atoms with van der Waals surface area (Å²) in [4.78, 5) is 20.9. The highest BCUT2D eigenvalue weighted by Crippen LogP contribution is 2.36. The molecule has 0 spiro atoms. The first-order valence-electron chi connectivity index (χ1n) is 11.1. The Labute approximate surface area is 199 Å². The fourth-order valence-electron chi connectivity index (χ4n) is 4.43. The lowest BCUT2D eigenvalue weighted by atomic mass is 9.79. The van der Waals surface area contributed by atoms with Crippen LogP contribution in [0.15, 0.2) is 42.7 Å². The Morgan fingerprint density at radius 2 is 1.85 bits per heavy atom. The van der Waals surface area contributed by atoms with Gasteiger partial charge in [-0.25, -0.2) is 0 Å². The number of guanidine groups is 1. The van der Waals surface area contributed by atoms with Gasteiger partial charge in [0, 0.05) is 44.3 Å². The van der Waals surface area contributed by atoms with Crippen LogP contribution in [0.3, 0.4) is 0 Å². The number of piperidine rings is 1. The fourth-order valence-corrected chi connectivity index (χ4v) is 4.88. The molecule has 2 aromatic rings. The predicted octanol–water partition coefficient (Wildman–Crippen LogP) is 1.50. The number of ether oxygens (including phenoxy) is 1. The molecular formula is C23H29N5O5S. The molecule has 0 bridgehead atoms. The second-order valence-electron chi connectivity index (χ2n) is 8.82. The van der Waals surface area contributed by atoms with E-state index in [0.29, 0.717) is 44.8 Å². The Morgan fingerprint density at radius 1 is 1.15 bits per heavy atom. The molecule has 1 aromatic heterocycles. The summed E-state index contributed by atoms with van der Waals surface area (Å²) >= 11 is 0. The van der Waals surface area contributed by atoms with Crippen LogP contribution in [0.25, 0.3) is 0 Å². The van der Waals surface area contributed by atoms with Gasteiger partial charge in [0.2, 0.25) is 0 Å². The van der Waals surface area contributed by atoms with Crippen molar-refractivity contribution in [1.29, 1.82) is 5.41 Å². The predicted molar refractivity (Wildman–Crippen MR) is 127 cm³/mol. The van der Waals surface area contributed by atoms with Crippen molar-refractivity contribution in [3.63, 3.8) is 0 Å². The SMILES string of the molecule is CS(=O)(=O)OC(=O)C1(COc2ccc3c(c2)CN(C(=N)N)CC3)CCN(c2ccncc2)CC1. The van der Waals surface area contributed by atoms with E-state index in [1.54, 1.807) is 17.3 Å². The van der Waals surface area contributed by atoms with Crippen molar-refractivity contribution in [3.8, 4) is 5.75 Å². The number of nitrogens with two attached hydrogens (primary N) is 1. The maximum Gasteiger partial charge on any atom is 0.331 e. The molecule has 0 aliphatic carbocycles. The molecule has 2 aliphatic heterocycles. The van der Waals surface area contributed by atoms with Gasteiger partial charge in [-0.05, 0) is 54.7 Å². The van der Waals surface area contributed by atoms with Gasteiger partial charge < -0.3 is 24.5 Å². The fraction of sp³-hybridized carbons (Fsp3) is 0.435. The van der Waals surface area contributed by atoms with E-state index in [1.165, 1.54) is 5.56 Å². The van der Waals surface area contributed by atoms with E-state index < -0.39 is 21.5 Å². The highest BCUT2D eigenvalue weighted by atomic mass is 32.2. The molecule has 1 aromatic carbocycles. The maximum atomic E-state index is 13.0. The molecule has 1 fully saturated rings. The van der Waals surface area contributed by atoms with Gasteiger partial charge in [-0.15, -0.1) is 0 Å². The summed E-state index contributed by atoms with van der Waals surface area (Å²) in [6, 6.07) is 9.53. The molecule has 34 heavy (non-hydrogen) atoms. The zero-order chi connectivity index (χ0) is 24.3. The lowest BCUT2D eigenvalue weighted by Gasteiger charge is -2.40. The minimum absolute atomic E-state index is 0.000742. The van der Waals surface area contributed by atoms with Crippen molar-refractivity contribution >= 4 is 27.7 Å². The first-order valence-corrected chi connectivity index (χ1v) is 12.9. The van der Waals surface area contributed by atoms with Crippen LogP contribution >= 0.6 is 0 Å². The van der Waals surface area contributed by atoms with Crippen molar-refractivity contribution in [3.05, 3.63) is 53.9 Å². The second kappa shape index (κ2) is 9.49. The van der Waals surface area contributed by atoms with Crippen LogP contribution in [0.2, 0.25) is 0 Å². The molecular weight excluding hydrogens is 458 g/mol. The first kappa shape index (κ1) is 23.8. The average Bonchev–Trinajstić information content (AvgIpc) is 2.82. The number of anilines is 1. The Bertz CT molecular complexity index is 1160. The number of hydrogen-bond acceptors (Lipinski definition) is 8. The number of carbonyl (C=O) groups excluding carboxylic acids is 1. The highest BCUT2D eigenvalue weighted by Gasteiger charge is 2.45. The molecule has 0 atom stereocenters. The van der Waals surface area contributed by atoms with E-state index >= 15 is 0 Å². The zero-order valence-corrected chi connectivity index (χ0v) is 19.9. The number of pyridine rings is 1. The topological polar surface area (TPSA) is 139 Å². The smallest absolute Gasteiger partial charge is 0.331 e. The first-order chi connectivity index (χ1) is 16.2. The lowest BCUT2D eigenvalue weighted by Crippen LogP contribution is -2.49. The maximum absolute atomic E-state index is 13.0. The van der Waals surface area contributed by atoms with Gasteiger partial charge in [0.25, 0.3) is 0 Å². The van der Waals surface area contributed by atoms with Crippen molar-refractivity contribution in [1.82, 2.24) is 9.88 Å². The highest BCUT2D eigenvalue weighted by molar-refractivity contribution is 7.86. The van der Waals surface area contributed by atoms with Crippen molar-refractivity contribution in [2.45, 2.75) is 25.8 Å². The molecule has 2 aliphatic rings. The van der Waals surface area contributed by atoms with Gasteiger partial charge in [-0.1, -0.05) is 6.07 Å². The van der Waals surface area contributed by atoms with Crippen molar-refractivity contribution in [2.24, 2.45) is 11.1 Å². The summed E-state index contributed by atoms with van der Waals surface area (Å²) in [5.74, 6) is -0.183. The van der Waals surface area contributed by atoms with Crippen LogP contribution in [0.4, 0.5) is 5.69 Å². The molecule has 0 radical (unpaired) electrons. The van der Waals surface area contributed by atoms with E-state index in [0.717, 1.165) is 23.9 Å². The number of nitrogens with one attached hydrogen (secondary N) is 1. The Morgan fingerprint density at radius 3 is 2.50 bits per heavy atom. The molecule has 3 N–H and O–H groups in total. The lowest BCUT2D eigenvalue weighted by molar-refractivity contribution is -0.148. The third kappa shape index (κ3) is 5.41. The minimum Gasteiger partial charge on any atom is -0.492 e. The standard InChI is InChI=1S/C23H29N5O5S/c1-34(30,31)33-21(29)23(7-12-27(13-8-23)19-4-9-26-10-5-19)16-32-20-3-2-17-6-11-28(22(24)25)15-18(17)14-20/h2-5,9-10,14H,6-8,11-13,15-16H2,1H3,(H3,24,25). The van der Waals surface area contributed by atoms with Crippen LogP contribution in [-0.4, -0.2) is 62.7 Å². The molecule has 3 heterocycles. The number of fused-ring (bicyclic) bond motifs is 1. The quantitative estimate of drug-likeness (QED) is 0.352. The van der Waals surface area contributed by atoms with E-state index in [9.17, 15) is 13.2 Å².